The highest BCUT2D eigenvalue weighted by molar-refractivity contribution is 7.85. The quantitative estimate of drug-likeness (QED) is 0.538. The number of hydrogen-bond donors (Lipinski definition) is 3. The zero-order valence-corrected chi connectivity index (χ0v) is 20.4. The predicted octanol–water partition coefficient (Wildman–Crippen LogP) is 2.25. The van der Waals surface area contributed by atoms with Gasteiger partial charge < -0.3 is 25.0 Å². The fraction of sp³-hybridized carbons (Fsp3) is 0.545. The van der Waals surface area contributed by atoms with Gasteiger partial charge in [-0.25, -0.2) is 9.18 Å². The van der Waals surface area contributed by atoms with Gasteiger partial charge in [0.15, 0.2) is 11.6 Å². The van der Waals surface area contributed by atoms with Gasteiger partial charge in [-0.1, -0.05) is 13.8 Å². The lowest BCUT2D eigenvalue weighted by atomic mass is 9.79. The smallest absolute Gasteiger partial charge is 0.341 e. The Balaban J connectivity index is 0.000000588. The third kappa shape index (κ3) is 5.34. The van der Waals surface area contributed by atoms with Crippen LogP contribution in [0.15, 0.2) is 17.1 Å². The van der Waals surface area contributed by atoms with Gasteiger partial charge in [0.2, 0.25) is 5.43 Å². The topological polar surface area (TPSA) is 152 Å². The standard InChI is InChI=1S/C21H26FN3O4.CH4O3S/c1-21(2)10-24(7-6-15(21)23)17-14(22)8-12-16(19(17)29-3)25(11-4-5-11)9-13(18(12)26)20(27)28;1-5(2,3)4/h8-9,11,15H,4-7,10,23H2,1-3H3,(H,27,28);1H3,(H,2,3,4). The van der Waals surface area contributed by atoms with Gasteiger partial charge in [-0.15, -0.1) is 0 Å². The van der Waals surface area contributed by atoms with E-state index in [0.717, 1.165) is 18.9 Å². The first-order valence-corrected chi connectivity index (χ1v) is 12.6. The molecule has 1 aliphatic heterocycles. The van der Waals surface area contributed by atoms with E-state index in [1.54, 1.807) is 4.57 Å². The number of benzene rings is 1. The molecule has 1 unspecified atom stereocenters. The minimum absolute atomic E-state index is 0.0102. The third-order valence-electron chi connectivity index (χ3n) is 6.20. The molecule has 10 nitrogen and oxygen atoms in total. The zero-order chi connectivity index (χ0) is 25.6. The highest BCUT2D eigenvalue weighted by Gasteiger charge is 2.37. The molecule has 2 aromatic rings. The lowest BCUT2D eigenvalue weighted by Crippen LogP contribution is -2.52. The van der Waals surface area contributed by atoms with E-state index in [4.69, 9.17) is 15.0 Å². The second-order valence-corrected chi connectivity index (χ2v) is 11.0. The molecular weight excluding hydrogens is 469 g/mol. The molecule has 1 aliphatic carbocycles. The van der Waals surface area contributed by atoms with Crippen LogP contribution in [0.1, 0.15) is 49.5 Å². The number of pyridine rings is 1. The Morgan fingerprint density at radius 2 is 1.88 bits per heavy atom. The zero-order valence-electron chi connectivity index (χ0n) is 19.5. The summed E-state index contributed by atoms with van der Waals surface area (Å²) < 4.78 is 48.6. The van der Waals surface area contributed by atoms with Gasteiger partial charge in [0.05, 0.1) is 24.3 Å². The number of halogens is 1. The molecule has 4 N–H and O–H groups in total. The van der Waals surface area contributed by atoms with Crippen molar-refractivity contribution in [3.8, 4) is 5.75 Å². The van der Waals surface area contributed by atoms with Crippen LogP contribution in [0, 0.1) is 11.2 Å². The number of nitrogens with zero attached hydrogens (tertiary/aromatic N) is 2. The number of aromatic carboxylic acids is 1. The Morgan fingerprint density at radius 1 is 1.29 bits per heavy atom. The van der Waals surface area contributed by atoms with Crippen LogP contribution in [0.3, 0.4) is 0 Å². The van der Waals surface area contributed by atoms with Crippen molar-refractivity contribution in [1.82, 2.24) is 4.57 Å². The fourth-order valence-electron chi connectivity index (χ4n) is 4.29. The first-order chi connectivity index (χ1) is 15.7. The Kier molecular flexibility index (Phi) is 6.98. The minimum Gasteiger partial charge on any atom is -0.492 e. The third-order valence-corrected chi connectivity index (χ3v) is 6.20. The van der Waals surface area contributed by atoms with Crippen LogP contribution in [-0.4, -0.2) is 61.1 Å². The van der Waals surface area contributed by atoms with Gasteiger partial charge in [0, 0.05) is 31.4 Å². The number of carbonyl (C=O) groups is 1. The Hall–Kier alpha value is -2.70. The van der Waals surface area contributed by atoms with Crippen LogP contribution in [-0.2, 0) is 10.1 Å². The van der Waals surface area contributed by atoms with Crippen LogP contribution in [0.4, 0.5) is 10.1 Å². The van der Waals surface area contributed by atoms with Crippen molar-refractivity contribution in [2.24, 2.45) is 11.1 Å². The lowest BCUT2D eigenvalue weighted by Gasteiger charge is -2.44. The number of piperidine rings is 1. The second kappa shape index (κ2) is 9.16. The maximum atomic E-state index is 15.3. The maximum Gasteiger partial charge on any atom is 0.341 e. The number of nitrogens with two attached hydrogens (primary N) is 1. The number of rotatable bonds is 4. The van der Waals surface area contributed by atoms with Gasteiger partial charge in [0.25, 0.3) is 10.1 Å². The van der Waals surface area contributed by atoms with E-state index in [1.165, 1.54) is 13.3 Å². The molecule has 1 saturated heterocycles. The number of methoxy groups -OCH3 is 1. The van der Waals surface area contributed by atoms with Crippen molar-refractivity contribution in [1.29, 1.82) is 0 Å². The number of carboxylic acid groups (broad SMARTS) is 1. The second-order valence-electron chi connectivity index (χ2n) is 9.49. The van der Waals surface area contributed by atoms with E-state index in [-0.39, 0.29) is 34.2 Å². The largest absolute Gasteiger partial charge is 0.492 e. The van der Waals surface area contributed by atoms with Crippen molar-refractivity contribution in [2.75, 3.05) is 31.4 Å². The highest BCUT2D eigenvalue weighted by atomic mass is 32.2. The molecule has 1 saturated carbocycles. The van der Waals surface area contributed by atoms with E-state index in [0.29, 0.717) is 37.0 Å². The van der Waals surface area contributed by atoms with Gasteiger partial charge in [-0.3, -0.25) is 9.35 Å². The first-order valence-electron chi connectivity index (χ1n) is 10.8. The van der Waals surface area contributed by atoms with E-state index >= 15 is 4.39 Å². The molecule has 34 heavy (non-hydrogen) atoms. The molecule has 12 heteroatoms. The molecule has 0 bridgehead atoms. The molecule has 0 amide bonds. The van der Waals surface area contributed by atoms with Crippen molar-refractivity contribution >= 4 is 32.7 Å². The summed E-state index contributed by atoms with van der Waals surface area (Å²) in [6.07, 6.45) is 4.54. The monoisotopic (exact) mass is 499 g/mol. The number of ether oxygens (including phenoxy) is 1. The number of carboxylic acids is 1. The Labute approximate surface area is 196 Å². The molecule has 0 spiro atoms. The number of hydrogen-bond acceptors (Lipinski definition) is 7. The van der Waals surface area contributed by atoms with Gasteiger partial charge in [0.1, 0.15) is 11.3 Å². The number of aromatic nitrogens is 1. The van der Waals surface area contributed by atoms with Gasteiger partial charge in [-0.2, -0.15) is 8.42 Å². The predicted molar refractivity (Wildman–Crippen MR) is 126 cm³/mol. The lowest BCUT2D eigenvalue weighted by molar-refractivity contribution is 0.0694. The molecule has 2 heterocycles. The van der Waals surface area contributed by atoms with Gasteiger partial charge >= 0.3 is 5.97 Å². The summed E-state index contributed by atoms with van der Waals surface area (Å²) in [5, 5.41) is 9.46. The molecule has 1 atom stereocenters. The molecule has 1 aromatic heterocycles. The van der Waals surface area contributed by atoms with Crippen LogP contribution < -0.4 is 20.8 Å². The van der Waals surface area contributed by atoms with Crippen molar-refractivity contribution in [3.63, 3.8) is 0 Å². The summed E-state index contributed by atoms with van der Waals surface area (Å²) in [5.41, 5.74) is 5.72. The van der Waals surface area contributed by atoms with Crippen molar-refractivity contribution in [2.45, 2.75) is 45.2 Å². The molecule has 1 aromatic carbocycles. The van der Waals surface area contributed by atoms with Crippen LogP contribution in [0.25, 0.3) is 10.9 Å². The van der Waals surface area contributed by atoms with Crippen LogP contribution in [0.2, 0.25) is 0 Å². The highest BCUT2D eigenvalue weighted by Crippen LogP contribution is 2.45. The first kappa shape index (κ1) is 25.9. The molecule has 4 rings (SSSR count). The maximum absolute atomic E-state index is 15.3. The molecular formula is C22H30FN3O7S. The van der Waals surface area contributed by atoms with Crippen molar-refractivity contribution in [3.05, 3.63) is 33.9 Å². The summed E-state index contributed by atoms with van der Waals surface area (Å²) in [7, 11) is -2.22. The molecule has 2 fully saturated rings. The summed E-state index contributed by atoms with van der Waals surface area (Å²) in [6, 6.07) is 1.24. The average molecular weight is 500 g/mol. The van der Waals surface area contributed by atoms with E-state index in [1.807, 2.05) is 4.90 Å². The van der Waals surface area contributed by atoms with E-state index in [2.05, 4.69) is 13.8 Å². The van der Waals surface area contributed by atoms with E-state index in [9.17, 15) is 23.1 Å². The molecule has 188 valence electrons. The van der Waals surface area contributed by atoms with Crippen LogP contribution >= 0.6 is 0 Å². The molecule has 2 aliphatic rings. The SMILES string of the molecule is COc1c(N2CCC(N)C(C)(C)C2)c(F)cc2c(=O)c(C(=O)O)cn(C3CC3)c12.CS(=O)(=O)O. The normalized spacial score (nSPS) is 20.0. The van der Waals surface area contributed by atoms with Crippen LogP contribution in [0.5, 0.6) is 5.75 Å². The number of fused-ring (bicyclic) bond motifs is 1. The Bertz CT molecular complexity index is 1280. The number of anilines is 1. The van der Waals surface area contributed by atoms with Crippen molar-refractivity contribution < 1.29 is 32.0 Å². The van der Waals surface area contributed by atoms with Gasteiger partial charge in [-0.05, 0) is 30.7 Å². The Morgan fingerprint density at radius 3 is 2.35 bits per heavy atom. The minimum atomic E-state index is -3.67. The summed E-state index contributed by atoms with van der Waals surface area (Å²) in [5.74, 6) is -1.64. The summed E-state index contributed by atoms with van der Waals surface area (Å²) in [6.45, 7) is 5.22. The fourth-order valence-corrected chi connectivity index (χ4v) is 4.29. The molecule has 0 radical (unpaired) electrons. The summed E-state index contributed by atoms with van der Waals surface area (Å²) in [4.78, 5) is 26.3. The average Bonchev–Trinajstić information content (AvgIpc) is 3.53. The summed E-state index contributed by atoms with van der Waals surface area (Å²) >= 11 is 0. The van der Waals surface area contributed by atoms with E-state index < -0.39 is 27.3 Å².